The Hall–Kier alpha value is -3.96. The second-order valence-corrected chi connectivity index (χ2v) is 9.62. The SMILES string of the molecule is COc1cc([C@H]2/C(=C(\O)c3ccc4c(c3)OCCO4)C(=O)C(=O)N2CCCN2CCOCC2)cc(OC)c1OC. The molecule has 214 valence electrons. The molecular weight excluding hydrogens is 520 g/mol. The predicted molar refractivity (Wildman–Crippen MR) is 144 cm³/mol. The number of ether oxygens (including phenoxy) is 6. The molecule has 0 aromatic heterocycles. The topological polar surface area (TPSA) is 116 Å². The van der Waals surface area contributed by atoms with Gasteiger partial charge in [0.25, 0.3) is 11.7 Å². The van der Waals surface area contributed by atoms with Crippen LogP contribution in [0.25, 0.3) is 5.76 Å². The Bertz CT molecular complexity index is 1280. The number of likely N-dealkylation sites (tertiary alicyclic amines) is 1. The molecule has 2 fully saturated rings. The van der Waals surface area contributed by atoms with Crippen molar-refractivity contribution in [2.45, 2.75) is 12.5 Å². The second kappa shape index (κ2) is 12.1. The molecule has 3 aliphatic heterocycles. The number of rotatable bonds is 9. The number of hydrogen-bond acceptors (Lipinski definition) is 10. The Morgan fingerprint density at radius 3 is 2.23 bits per heavy atom. The zero-order valence-electron chi connectivity index (χ0n) is 22.9. The van der Waals surface area contributed by atoms with Gasteiger partial charge < -0.3 is 38.4 Å². The average Bonchev–Trinajstić information content (AvgIpc) is 3.25. The molecule has 3 aliphatic rings. The fraction of sp³-hybridized carbons (Fsp3) is 0.448. The van der Waals surface area contributed by atoms with E-state index in [2.05, 4.69) is 4.90 Å². The third-order valence-corrected chi connectivity index (χ3v) is 7.34. The summed E-state index contributed by atoms with van der Waals surface area (Å²) in [7, 11) is 4.49. The maximum Gasteiger partial charge on any atom is 0.295 e. The molecule has 1 atom stereocenters. The van der Waals surface area contributed by atoms with Crippen molar-refractivity contribution < 1.29 is 43.1 Å². The van der Waals surface area contributed by atoms with Gasteiger partial charge in [-0.3, -0.25) is 14.5 Å². The monoisotopic (exact) mass is 554 g/mol. The first-order chi connectivity index (χ1) is 19.5. The van der Waals surface area contributed by atoms with Gasteiger partial charge in [-0.1, -0.05) is 0 Å². The molecule has 3 heterocycles. The van der Waals surface area contributed by atoms with Crippen molar-refractivity contribution in [2.75, 3.05) is 73.9 Å². The number of benzene rings is 2. The lowest BCUT2D eigenvalue weighted by Crippen LogP contribution is -2.39. The number of amides is 1. The van der Waals surface area contributed by atoms with E-state index >= 15 is 0 Å². The van der Waals surface area contributed by atoms with E-state index in [9.17, 15) is 14.7 Å². The number of nitrogens with zero attached hydrogens (tertiary/aromatic N) is 2. The van der Waals surface area contributed by atoms with Crippen LogP contribution in [0.15, 0.2) is 35.9 Å². The summed E-state index contributed by atoms with van der Waals surface area (Å²) in [6.07, 6.45) is 0.637. The second-order valence-electron chi connectivity index (χ2n) is 9.62. The molecule has 5 rings (SSSR count). The van der Waals surface area contributed by atoms with Gasteiger partial charge in [-0.05, 0) is 42.3 Å². The number of fused-ring (bicyclic) bond motifs is 1. The van der Waals surface area contributed by atoms with E-state index in [-0.39, 0.29) is 11.3 Å². The molecule has 1 amide bonds. The zero-order chi connectivity index (χ0) is 28.2. The highest BCUT2D eigenvalue weighted by atomic mass is 16.6. The summed E-state index contributed by atoms with van der Waals surface area (Å²) in [5.74, 6) is 0.379. The number of carbonyl (C=O) groups excluding carboxylic acids is 2. The fourth-order valence-corrected chi connectivity index (χ4v) is 5.35. The van der Waals surface area contributed by atoms with Crippen molar-refractivity contribution >= 4 is 17.4 Å². The molecular formula is C29H34N2O9. The van der Waals surface area contributed by atoms with E-state index in [0.717, 1.165) is 19.6 Å². The first-order valence-electron chi connectivity index (χ1n) is 13.2. The number of aliphatic hydroxyl groups is 1. The highest BCUT2D eigenvalue weighted by Gasteiger charge is 2.46. The number of methoxy groups -OCH3 is 3. The number of hydrogen-bond donors (Lipinski definition) is 1. The zero-order valence-corrected chi connectivity index (χ0v) is 22.9. The largest absolute Gasteiger partial charge is 0.507 e. The third-order valence-electron chi connectivity index (χ3n) is 7.34. The summed E-state index contributed by atoms with van der Waals surface area (Å²) >= 11 is 0. The van der Waals surface area contributed by atoms with E-state index in [4.69, 9.17) is 28.4 Å². The van der Waals surface area contributed by atoms with Crippen LogP contribution in [0, 0.1) is 0 Å². The third kappa shape index (κ3) is 5.26. The van der Waals surface area contributed by atoms with E-state index < -0.39 is 17.7 Å². The van der Waals surface area contributed by atoms with Crippen LogP contribution in [0.1, 0.15) is 23.6 Å². The number of Topliss-reactive ketones (excluding diaryl/α,β-unsaturated/α-hetero) is 1. The fourth-order valence-electron chi connectivity index (χ4n) is 5.35. The Balaban J connectivity index is 1.57. The Morgan fingerprint density at radius 2 is 1.57 bits per heavy atom. The molecule has 0 unspecified atom stereocenters. The van der Waals surface area contributed by atoms with Crippen molar-refractivity contribution in [3.63, 3.8) is 0 Å². The van der Waals surface area contributed by atoms with Gasteiger partial charge >= 0.3 is 0 Å². The van der Waals surface area contributed by atoms with E-state index in [1.54, 1.807) is 30.3 Å². The summed E-state index contributed by atoms with van der Waals surface area (Å²) < 4.78 is 33.3. The van der Waals surface area contributed by atoms with Crippen molar-refractivity contribution in [3.05, 3.63) is 47.0 Å². The summed E-state index contributed by atoms with van der Waals surface area (Å²) in [6.45, 7) is 4.83. The summed E-state index contributed by atoms with van der Waals surface area (Å²) in [6, 6.07) is 7.44. The molecule has 0 spiro atoms. The highest BCUT2D eigenvalue weighted by molar-refractivity contribution is 6.46. The average molecular weight is 555 g/mol. The highest BCUT2D eigenvalue weighted by Crippen LogP contribution is 2.46. The van der Waals surface area contributed by atoms with Crippen LogP contribution in [-0.4, -0.2) is 101 Å². The predicted octanol–water partition coefficient (Wildman–Crippen LogP) is 2.63. The van der Waals surface area contributed by atoms with Crippen molar-refractivity contribution in [1.29, 1.82) is 0 Å². The van der Waals surface area contributed by atoms with Crippen molar-refractivity contribution in [2.24, 2.45) is 0 Å². The Morgan fingerprint density at radius 1 is 0.900 bits per heavy atom. The Kier molecular flexibility index (Phi) is 8.32. The molecule has 11 nitrogen and oxygen atoms in total. The molecule has 2 saturated heterocycles. The summed E-state index contributed by atoms with van der Waals surface area (Å²) in [5, 5.41) is 11.5. The normalized spacial score (nSPS) is 20.5. The molecule has 0 aliphatic carbocycles. The van der Waals surface area contributed by atoms with Crippen LogP contribution < -0.4 is 23.7 Å². The molecule has 2 aromatic rings. The number of ketones is 1. The van der Waals surface area contributed by atoms with E-state index in [1.807, 2.05) is 0 Å². The quantitative estimate of drug-likeness (QED) is 0.282. The Labute approximate surface area is 232 Å². The van der Waals surface area contributed by atoms with E-state index in [1.165, 1.54) is 26.2 Å². The van der Waals surface area contributed by atoms with Gasteiger partial charge in [-0.15, -0.1) is 0 Å². The lowest BCUT2D eigenvalue weighted by atomic mass is 9.94. The van der Waals surface area contributed by atoms with Gasteiger partial charge in [-0.2, -0.15) is 0 Å². The molecule has 0 saturated carbocycles. The number of morpholine rings is 1. The van der Waals surface area contributed by atoms with Crippen molar-refractivity contribution in [3.8, 4) is 28.7 Å². The molecule has 0 bridgehead atoms. The standard InChI is InChI=1S/C29H34N2O9/c1-35-22-16-19(17-23(36-2)28(22)37-3)25-24(26(32)18-5-6-20-21(15-18)40-14-13-39-20)27(33)29(34)31(25)8-4-7-30-9-11-38-12-10-30/h5-6,15-17,25,32H,4,7-14H2,1-3H3/b26-24+/t25-/m0/s1. The van der Waals surface area contributed by atoms with Gasteiger partial charge in [0.2, 0.25) is 5.75 Å². The van der Waals surface area contributed by atoms with Crippen LogP contribution in [0.5, 0.6) is 28.7 Å². The molecule has 40 heavy (non-hydrogen) atoms. The molecule has 1 N–H and O–H groups in total. The minimum Gasteiger partial charge on any atom is -0.507 e. The van der Waals surface area contributed by atoms with Gasteiger partial charge in [0.05, 0.1) is 46.2 Å². The minimum atomic E-state index is -0.883. The van der Waals surface area contributed by atoms with Gasteiger partial charge in [0.15, 0.2) is 23.0 Å². The number of carbonyl (C=O) groups is 2. The maximum atomic E-state index is 13.5. The molecule has 11 heteroatoms. The van der Waals surface area contributed by atoms with Crippen LogP contribution in [0.4, 0.5) is 0 Å². The maximum absolute atomic E-state index is 13.5. The smallest absolute Gasteiger partial charge is 0.295 e. The van der Waals surface area contributed by atoms with Crippen molar-refractivity contribution in [1.82, 2.24) is 9.80 Å². The molecule has 0 radical (unpaired) electrons. The lowest BCUT2D eigenvalue weighted by Gasteiger charge is -2.29. The summed E-state index contributed by atoms with van der Waals surface area (Å²) in [4.78, 5) is 30.7. The minimum absolute atomic E-state index is 0.0256. The van der Waals surface area contributed by atoms with Gasteiger partial charge in [-0.25, -0.2) is 0 Å². The first-order valence-corrected chi connectivity index (χ1v) is 13.2. The van der Waals surface area contributed by atoms with Gasteiger partial charge in [0, 0.05) is 31.7 Å². The van der Waals surface area contributed by atoms with Crippen LogP contribution in [0.3, 0.4) is 0 Å². The van der Waals surface area contributed by atoms with Gasteiger partial charge in [0.1, 0.15) is 19.0 Å². The molecule has 2 aromatic carbocycles. The van der Waals surface area contributed by atoms with Crippen LogP contribution >= 0.6 is 0 Å². The summed E-state index contributed by atoms with van der Waals surface area (Å²) in [5.41, 5.74) is 0.856. The van der Waals surface area contributed by atoms with Crippen LogP contribution in [0.2, 0.25) is 0 Å². The lowest BCUT2D eigenvalue weighted by molar-refractivity contribution is -0.140. The van der Waals surface area contributed by atoms with Crippen LogP contribution in [-0.2, 0) is 14.3 Å². The first kappa shape index (κ1) is 27.6. The number of aliphatic hydroxyl groups excluding tert-OH is 1. The van der Waals surface area contributed by atoms with E-state index in [0.29, 0.717) is 79.3 Å².